The summed E-state index contributed by atoms with van der Waals surface area (Å²) in [5, 5.41) is 3.72. The van der Waals surface area contributed by atoms with E-state index in [1.165, 1.54) is 4.90 Å². The fourth-order valence-electron chi connectivity index (χ4n) is 4.19. The van der Waals surface area contributed by atoms with Crippen LogP contribution in [0.15, 0.2) is 72.8 Å². The van der Waals surface area contributed by atoms with Crippen molar-refractivity contribution < 1.29 is 18.0 Å². The third-order valence-electron chi connectivity index (χ3n) is 6.31. The van der Waals surface area contributed by atoms with E-state index in [1.54, 1.807) is 49.4 Å². The van der Waals surface area contributed by atoms with E-state index in [0.717, 1.165) is 22.5 Å². The number of sulfonamides is 1. The monoisotopic (exact) mass is 589 g/mol. The Bertz CT molecular complexity index is 1400. The lowest BCUT2D eigenvalue weighted by atomic mass is 10.0. The van der Waals surface area contributed by atoms with Crippen LogP contribution in [-0.2, 0) is 32.6 Å². The molecule has 0 saturated carbocycles. The van der Waals surface area contributed by atoms with Crippen LogP contribution in [0, 0.1) is 6.92 Å². The predicted octanol–water partition coefficient (Wildman–Crippen LogP) is 5.23. The van der Waals surface area contributed by atoms with Crippen molar-refractivity contribution in [3.8, 4) is 0 Å². The van der Waals surface area contributed by atoms with Crippen LogP contribution in [0.4, 0.5) is 5.69 Å². The van der Waals surface area contributed by atoms with Crippen LogP contribution in [0.2, 0.25) is 10.0 Å². The van der Waals surface area contributed by atoms with Crippen molar-refractivity contribution in [1.82, 2.24) is 10.2 Å². The standard InChI is InChI=1S/C29H33Cl2N3O4S/c1-4-17-32-29(36)27(18-22-11-6-5-7-12-22)33(19-23-13-8-9-14-25(23)31)28(35)20-34(39(3,37)38)26-16-10-15-24(30)21(26)2/h5-16,27H,4,17-20H2,1-3H3,(H,32,36)/t27-/m0/s1. The van der Waals surface area contributed by atoms with Gasteiger partial charge >= 0.3 is 0 Å². The molecule has 0 spiro atoms. The lowest BCUT2D eigenvalue weighted by Crippen LogP contribution is -2.53. The Morgan fingerprint density at radius 3 is 2.21 bits per heavy atom. The summed E-state index contributed by atoms with van der Waals surface area (Å²) in [6, 6.07) is 20.4. The maximum atomic E-state index is 14.1. The van der Waals surface area contributed by atoms with Crippen molar-refractivity contribution in [2.24, 2.45) is 0 Å². The van der Waals surface area contributed by atoms with Gasteiger partial charge in [0.15, 0.2) is 0 Å². The maximum absolute atomic E-state index is 14.1. The first-order valence-corrected chi connectivity index (χ1v) is 15.2. The molecule has 0 aliphatic heterocycles. The minimum absolute atomic E-state index is 0.0156. The fraction of sp³-hybridized carbons (Fsp3) is 0.310. The summed E-state index contributed by atoms with van der Waals surface area (Å²) < 4.78 is 26.9. The van der Waals surface area contributed by atoms with E-state index in [2.05, 4.69) is 5.32 Å². The van der Waals surface area contributed by atoms with E-state index in [0.29, 0.717) is 33.4 Å². The van der Waals surface area contributed by atoms with Gasteiger partial charge in [0.1, 0.15) is 12.6 Å². The van der Waals surface area contributed by atoms with Gasteiger partial charge < -0.3 is 10.2 Å². The Hall–Kier alpha value is -3.07. The van der Waals surface area contributed by atoms with E-state index in [4.69, 9.17) is 23.2 Å². The summed E-state index contributed by atoms with van der Waals surface area (Å²) in [6.07, 6.45) is 1.99. The molecule has 0 unspecified atom stereocenters. The van der Waals surface area contributed by atoms with Crippen molar-refractivity contribution in [3.63, 3.8) is 0 Å². The van der Waals surface area contributed by atoms with Crippen molar-refractivity contribution in [3.05, 3.63) is 99.5 Å². The van der Waals surface area contributed by atoms with Crippen molar-refractivity contribution in [2.45, 2.75) is 39.3 Å². The van der Waals surface area contributed by atoms with Gasteiger partial charge in [-0.1, -0.05) is 84.7 Å². The summed E-state index contributed by atoms with van der Waals surface area (Å²) in [7, 11) is -3.89. The van der Waals surface area contributed by atoms with Gasteiger partial charge in [0.2, 0.25) is 21.8 Å². The van der Waals surface area contributed by atoms with E-state index in [-0.39, 0.29) is 18.9 Å². The number of hydrogen-bond donors (Lipinski definition) is 1. The molecule has 39 heavy (non-hydrogen) atoms. The van der Waals surface area contributed by atoms with Crippen LogP contribution >= 0.6 is 23.2 Å². The molecule has 10 heteroatoms. The molecule has 0 saturated heterocycles. The lowest BCUT2D eigenvalue weighted by molar-refractivity contribution is -0.140. The Balaban J connectivity index is 2.08. The predicted molar refractivity (Wildman–Crippen MR) is 158 cm³/mol. The molecule has 0 aliphatic rings. The van der Waals surface area contributed by atoms with Crippen molar-refractivity contribution in [2.75, 3.05) is 23.7 Å². The molecule has 3 rings (SSSR count). The molecule has 0 bridgehead atoms. The van der Waals surface area contributed by atoms with E-state index in [9.17, 15) is 18.0 Å². The number of nitrogens with zero attached hydrogens (tertiary/aromatic N) is 2. The van der Waals surface area contributed by atoms with Gasteiger partial charge in [-0.2, -0.15) is 0 Å². The minimum atomic E-state index is -3.89. The van der Waals surface area contributed by atoms with E-state index in [1.807, 2.05) is 37.3 Å². The first-order chi connectivity index (χ1) is 18.5. The van der Waals surface area contributed by atoms with Gasteiger partial charge in [-0.3, -0.25) is 13.9 Å². The average Bonchev–Trinajstić information content (AvgIpc) is 2.90. The number of carbonyl (C=O) groups excluding carboxylic acids is 2. The molecule has 208 valence electrons. The molecule has 7 nitrogen and oxygen atoms in total. The van der Waals surface area contributed by atoms with Crippen molar-refractivity contribution in [1.29, 1.82) is 0 Å². The maximum Gasteiger partial charge on any atom is 0.244 e. The fourth-order valence-corrected chi connectivity index (χ4v) is 5.46. The smallest absolute Gasteiger partial charge is 0.244 e. The van der Waals surface area contributed by atoms with Gasteiger partial charge in [0, 0.05) is 29.6 Å². The molecule has 3 aromatic rings. The Kier molecular flexibility index (Phi) is 10.8. The number of hydrogen-bond acceptors (Lipinski definition) is 4. The van der Waals surface area contributed by atoms with Gasteiger partial charge in [0.05, 0.1) is 11.9 Å². The summed E-state index contributed by atoms with van der Waals surface area (Å²) in [5.74, 6) is -0.877. The number of anilines is 1. The molecule has 3 aromatic carbocycles. The van der Waals surface area contributed by atoms with Gasteiger partial charge in [0.25, 0.3) is 0 Å². The molecule has 0 aromatic heterocycles. The highest BCUT2D eigenvalue weighted by molar-refractivity contribution is 7.92. The van der Waals surface area contributed by atoms with Crippen molar-refractivity contribution >= 4 is 50.7 Å². The first-order valence-electron chi connectivity index (χ1n) is 12.6. The Labute approximate surface area is 240 Å². The lowest BCUT2D eigenvalue weighted by Gasteiger charge is -2.34. The van der Waals surface area contributed by atoms with Crippen LogP contribution in [0.3, 0.4) is 0 Å². The second-order valence-electron chi connectivity index (χ2n) is 9.26. The number of nitrogens with one attached hydrogen (secondary N) is 1. The molecule has 2 amide bonds. The number of amides is 2. The highest BCUT2D eigenvalue weighted by Gasteiger charge is 2.33. The van der Waals surface area contributed by atoms with Gasteiger partial charge in [-0.15, -0.1) is 0 Å². The van der Waals surface area contributed by atoms with Gasteiger partial charge in [-0.25, -0.2) is 8.42 Å². The molecule has 0 radical (unpaired) electrons. The average molecular weight is 591 g/mol. The summed E-state index contributed by atoms with van der Waals surface area (Å²) >= 11 is 12.7. The van der Waals surface area contributed by atoms with Crippen LogP contribution < -0.4 is 9.62 Å². The molecule has 0 fully saturated rings. The normalized spacial score (nSPS) is 12.0. The first kappa shape index (κ1) is 30.5. The van der Waals surface area contributed by atoms with E-state index < -0.39 is 28.5 Å². The van der Waals surface area contributed by atoms with E-state index >= 15 is 0 Å². The molecule has 0 heterocycles. The third-order valence-corrected chi connectivity index (χ3v) is 8.21. The summed E-state index contributed by atoms with van der Waals surface area (Å²) in [6.45, 7) is 3.57. The molecule has 1 atom stereocenters. The van der Waals surface area contributed by atoms with Crippen LogP contribution in [0.5, 0.6) is 0 Å². The molecular weight excluding hydrogens is 557 g/mol. The molecule has 1 N–H and O–H groups in total. The Morgan fingerprint density at radius 1 is 0.923 bits per heavy atom. The largest absolute Gasteiger partial charge is 0.354 e. The quantitative estimate of drug-likeness (QED) is 0.313. The summed E-state index contributed by atoms with van der Waals surface area (Å²) in [5.41, 5.74) is 2.32. The second kappa shape index (κ2) is 13.8. The number of rotatable bonds is 12. The third kappa shape index (κ3) is 8.21. The zero-order chi connectivity index (χ0) is 28.6. The van der Waals surface area contributed by atoms with Crippen LogP contribution in [0.25, 0.3) is 0 Å². The van der Waals surface area contributed by atoms with Crippen LogP contribution in [0.1, 0.15) is 30.0 Å². The zero-order valence-electron chi connectivity index (χ0n) is 22.2. The number of benzene rings is 3. The number of carbonyl (C=O) groups is 2. The summed E-state index contributed by atoms with van der Waals surface area (Å²) in [4.78, 5) is 29.0. The second-order valence-corrected chi connectivity index (χ2v) is 12.0. The molecular formula is C29H33Cl2N3O4S. The van der Waals surface area contributed by atoms with Gasteiger partial charge in [-0.05, 0) is 48.2 Å². The Morgan fingerprint density at radius 2 is 1.56 bits per heavy atom. The highest BCUT2D eigenvalue weighted by atomic mass is 35.5. The SMILES string of the molecule is CCCNC(=O)[C@H](Cc1ccccc1)N(Cc1ccccc1Cl)C(=O)CN(c1cccc(Cl)c1C)S(C)(=O)=O. The zero-order valence-corrected chi connectivity index (χ0v) is 24.6. The highest BCUT2D eigenvalue weighted by Crippen LogP contribution is 2.29. The van der Waals surface area contributed by atoms with Crippen LogP contribution in [-0.4, -0.2) is 50.5 Å². The molecule has 0 aliphatic carbocycles. The minimum Gasteiger partial charge on any atom is -0.354 e. The topological polar surface area (TPSA) is 86.8 Å². The number of halogens is 2.